The summed E-state index contributed by atoms with van der Waals surface area (Å²) in [6, 6.07) is 9.49. The number of rotatable bonds is 13. The number of ether oxygens (including phenoxy) is 1. The molecule has 13 heteroatoms. The van der Waals surface area contributed by atoms with Crippen LogP contribution in [0.5, 0.6) is 0 Å². The van der Waals surface area contributed by atoms with Crippen molar-refractivity contribution >= 4 is 38.1 Å². The van der Waals surface area contributed by atoms with Gasteiger partial charge in [-0.2, -0.15) is 0 Å². The fourth-order valence-corrected chi connectivity index (χ4v) is 6.61. The van der Waals surface area contributed by atoms with Gasteiger partial charge in [-0.25, -0.2) is 22.5 Å². The predicted octanol–water partition coefficient (Wildman–Crippen LogP) is 5.62. The Morgan fingerprint density at radius 1 is 1.17 bits per heavy atom. The first kappa shape index (κ1) is 30.7. The Morgan fingerprint density at radius 2 is 1.88 bits per heavy atom. The van der Waals surface area contributed by atoms with Crippen molar-refractivity contribution in [2.45, 2.75) is 71.1 Å². The molecular formula is C28H33FN4O6S2. The van der Waals surface area contributed by atoms with Gasteiger partial charge in [-0.15, -0.1) is 21.5 Å². The summed E-state index contributed by atoms with van der Waals surface area (Å²) in [5.41, 5.74) is 0.243. The van der Waals surface area contributed by atoms with E-state index >= 15 is 0 Å². The average molecular weight is 605 g/mol. The molecule has 2 aromatic heterocycles. The highest BCUT2D eigenvalue weighted by Gasteiger charge is 2.31. The molecule has 0 amide bonds. The van der Waals surface area contributed by atoms with E-state index in [4.69, 9.17) is 14.1 Å². The number of carboxylic acids is 1. The second-order valence-corrected chi connectivity index (χ2v) is 13.2. The highest BCUT2D eigenvalue weighted by Crippen LogP contribution is 2.40. The number of sulfonamides is 1. The van der Waals surface area contributed by atoms with Crippen LogP contribution in [0.15, 0.2) is 45.7 Å². The summed E-state index contributed by atoms with van der Waals surface area (Å²) in [5.74, 6) is -0.660. The van der Waals surface area contributed by atoms with Crippen LogP contribution in [0.3, 0.4) is 0 Å². The smallest absolute Gasteiger partial charge is 0.309 e. The molecule has 0 saturated carbocycles. The predicted molar refractivity (Wildman–Crippen MR) is 154 cm³/mol. The van der Waals surface area contributed by atoms with E-state index in [1.807, 2.05) is 26.0 Å². The summed E-state index contributed by atoms with van der Waals surface area (Å²) in [6.45, 7) is 8.06. The summed E-state index contributed by atoms with van der Waals surface area (Å²) in [4.78, 5) is 17.0. The van der Waals surface area contributed by atoms with Crippen LogP contribution in [0.2, 0.25) is 0 Å². The maximum absolute atomic E-state index is 13.3. The number of nitrogens with zero attached hydrogens (tertiary/aromatic N) is 3. The number of hydrogen-bond acceptors (Lipinski definition) is 9. The fraction of sp³-hybridized carbons (Fsp3) is 0.429. The molecule has 1 atom stereocenters. The zero-order chi connectivity index (χ0) is 29.9. The monoisotopic (exact) mass is 604 g/mol. The third-order valence-electron chi connectivity index (χ3n) is 6.49. The number of hydrogen-bond donors (Lipinski definition) is 2. The van der Waals surface area contributed by atoms with E-state index in [0.717, 1.165) is 10.4 Å². The second-order valence-electron chi connectivity index (χ2n) is 10.6. The number of aliphatic carboxylic acids is 1. The minimum absolute atomic E-state index is 0.0484. The lowest BCUT2D eigenvalue weighted by Gasteiger charge is -2.16. The van der Waals surface area contributed by atoms with Crippen LogP contribution in [-0.4, -0.2) is 53.5 Å². The maximum atomic E-state index is 13.3. The first-order chi connectivity index (χ1) is 19.4. The van der Waals surface area contributed by atoms with Crippen molar-refractivity contribution < 1.29 is 31.9 Å². The van der Waals surface area contributed by atoms with Crippen molar-refractivity contribution in [3.05, 3.63) is 48.0 Å². The Hall–Kier alpha value is -3.26. The largest absolute Gasteiger partial charge is 0.481 e. The highest BCUT2D eigenvalue weighted by molar-refractivity contribution is 7.89. The van der Waals surface area contributed by atoms with Crippen molar-refractivity contribution in [2.75, 3.05) is 6.67 Å². The minimum atomic E-state index is -4.00. The lowest BCUT2D eigenvalue weighted by atomic mass is 9.90. The van der Waals surface area contributed by atoms with Gasteiger partial charge >= 0.3 is 5.97 Å². The van der Waals surface area contributed by atoms with Crippen molar-refractivity contribution in [3.63, 3.8) is 0 Å². The normalized spacial score (nSPS) is 13.2. The van der Waals surface area contributed by atoms with Gasteiger partial charge < -0.3 is 14.3 Å². The third-order valence-corrected chi connectivity index (χ3v) is 9.19. The number of carboxylic acid groups (broad SMARTS) is 1. The number of thiazole rings is 1. The molecule has 2 N–H and O–H groups in total. The topological polar surface area (TPSA) is 145 Å². The number of halogens is 1. The zero-order valence-electron chi connectivity index (χ0n) is 23.5. The number of aromatic nitrogens is 3. The quantitative estimate of drug-likeness (QED) is 0.199. The van der Waals surface area contributed by atoms with Gasteiger partial charge in [0.2, 0.25) is 15.9 Å². The van der Waals surface area contributed by atoms with Crippen LogP contribution < -0.4 is 4.72 Å². The van der Waals surface area contributed by atoms with Crippen molar-refractivity contribution in [2.24, 2.45) is 5.41 Å². The van der Waals surface area contributed by atoms with Gasteiger partial charge in [0, 0.05) is 17.4 Å². The van der Waals surface area contributed by atoms with Gasteiger partial charge in [0.05, 0.1) is 39.6 Å². The molecule has 2 aromatic carbocycles. The summed E-state index contributed by atoms with van der Waals surface area (Å²) >= 11 is 1.28. The van der Waals surface area contributed by atoms with E-state index in [9.17, 15) is 22.7 Å². The molecule has 0 spiro atoms. The lowest BCUT2D eigenvalue weighted by molar-refractivity contribution is -0.147. The van der Waals surface area contributed by atoms with Crippen molar-refractivity contribution in [1.29, 1.82) is 0 Å². The SMILES string of the molecule is CC[C@@H](CF)NS(=O)(=O)c1ccc(-c2sc(-c3nnc(CC(C)(C)C(=O)O)o3)nc2COC(C)C)c2ccccc12. The Morgan fingerprint density at radius 3 is 2.51 bits per heavy atom. The van der Waals surface area contributed by atoms with E-state index in [1.165, 1.54) is 17.4 Å². The molecule has 0 aliphatic heterocycles. The molecule has 4 rings (SSSR count). The van der Waals surface area contributed by atoms with Gasteiger partial charge in [-0.3, -0.25) is 4.79 Å². The summed E-state index contributed by atoms with van der Waals surface area (Å²) in [6.07, 6.45) is 0.297. The second kappa shape index (κ2) is 12.3. The van der Waals surface area contributed by atoms with Crippen LogP contribution in [0.1, 0.15) is 52.6 Å². The molecule has 0 unspecified atom stereocenters. The Labute approximate surface area is 242 Å². The molecule has 0 radical (unpaired) electrons. The van der Waals surface area contributed by atoms with E-state index in [2.05, 4.69) is 14.9 Å². The maximum Gasteiger partial charge on any atom is 0.309 e. The molecule has 0 fully saturated rings. The number of alkyl halides is 1. The van der Waals surface area contributed by atoms with Gasteiger partial charge in [-0.05, 0) is 45.6 Å². The molecule has 10 nitrogen and oxygen atoms in total. The van der Waals surface area contributed by atoms with E-state index in [-0.39, 0.29) is 35.8 Å². The molecule has 4 aromatic rings. The van der Waals surface area contributed by atoms with Crippen LogP contribution >= 0.6 is 11.3 Å². The third kappa shape index (κ3) is 6.80. The Kier molecular flexibility index (Phi) is 9.22. The van der Waals surface area contributed by atoms with E-state index in [1.54, 1.807) is 39.0 Å². The summed E-state index contributed by atoms with van der Waals surface area (Å²) in [5, 5.41) is 19.1. The van der Waals surface area contributed by atoms with Crippen molar-refractivity contribution in [1.82, 2.24) is 19.9 Å². The number of fused-ring (bicyclic) bond motifs is 1. The highest BCUT2D eigenvalue weighted by atomic mass is 32.2. The molecule has 0 aliphatic carbocycles. The number of carbonyl (C=O) groups is 1. The molecule has 2 heterocycles. The standard InChI is InChI=1S/C28H33FN4O6S2/c1-6-17(14-29)33-41(36,37)22-12-11-20(18-9-7-8-10-19(18)22)24-21(15-38-16(2)3)30-26(40-24)25-32-31-23(39-25)13-28(4,5)27(34)35/h7-12,16-17,33H,6,13-15H2,1-5H3,(H,34,35)/t17-/m0/s1. The Balaban J connectivity index is 1.81. The molecule has 0 saturated heterocycles. The number of nitrogens with one attached hydrogen (secondary N) is 1. The van der Waals surface area contributed by atoms with E-state index < -0.39 is 34.1 Å². The number of benzene rings is 2. The molecule has 0 aliphatic rings. The van der Waals surface area contributed by atoms with Crippen LogP contribution in [-0.2, 0) is 32.6 Å². The van der Waals surface area contributed by atoms with Gasteiger partial charge in [0.25, 0.3) is 5.89 Å². The molecule has 41 heavy (non-hydrogen) atoms. The van der Waals surface area contributed by atoms with Gasteiger partial charge in [0.1, 0.15) is 6.67 Å². The zero-order valence-corrected chi connectivity index (χ0v) is 25.1. The van der Waals surface area contributed by atoms with Crippen LogP contribution in [0.25, 0.3) is 32.1 Å². The minimum Gasteiger partial charge on any atom is -0.481 e. The van der Waals surface area contributed by atoms with Gasteiger partial charge in [0.15, 0.2) is 5.01 Å². The van der Waals surface area contributed by atoms with Crippen LogP contribution in [0, 0.1) is 5.41 Å². The lowest BCUT2D eigenvalue weighted by Crippen LogP contribution is -2.35. The fourth-order valence-electron chi connectivity index (χ4n) is 4.07. The average Bonchev–Trinajstić information content (AvgIpc) is 3.56. The summed E-state index contributed by atoms with van der Waals surface area (Å²) < 4.78 is 53.9. The van der Waals surface area contributed by atoms with Crippen LogP contribution in [0.4, 0.5) is 4.39 Å². The molecule has 0 bridgehead atoms. The van der Waals surface area contributed by atoms with Crippen molar-refractivity contribution in [3.8, 4) is 21.3 Å². The van der Waals surface area contributed by atoms with E-state index in [0.29, 0.717) is 27.9 Å². The molecule has 220 valence electrons. The van der Waals surface area contributed by atoms with Gasteiger partial charge in [-0.1, -0.05) is 37.3 Å². The first-order valence-electron chi connectivity index (χ1n) is 13.1. The Bertz CT molecular complexity index is 1640. The first-order valence-corrected chi connectivity index (χ1v) is 15.4. The molecular weight excluding hydrogens is 571 g/mol. The summed E-state index contributed by atoms with van der Waals surface area (Å²) in [7, 11) is -4.00.